The van der Waals surface area contributed by atoms with Crippen molar-refractivity contribution >= 4 is 11.8 Å². The van der Waals surface area contributed by atoms with Crippen molar-refractivity contribution in [1.82, 2.24) is 4.98 Å². The van der Waals surface area contributed by atoms with Crippen molar-refractivity contribution in [1.29, 1.82) is 0 Å². The van der Waals surface area contributed by atoms with E-state index in [-0.39, 0.29) is 18.1 Å². The summed E-state index contributed by atoms with van der Waals surface area (Å²) in [6.07, 6.45) is -5.02. The lowest BCUT2D eigenvalue weighted by Crippen LogP contribution is -2.21. The number of halogens is 3. The number of aromatic carboxylic acids is 1. The van der Waals surface area contributed by atoms with E-state index < -0.39 is 23.6 Å². The number of carboxylic acid groups (broad SMARTS) is 1. The van der Waals surface area contributed by atoms with E-state index in [1.165, 1.54) is 0 Å². The molecule has 1 aromatic rings. The van der Waals surface area contributed by atoms with Crippen LogP contribution in [0.25, 0.3) is 0 Å². The molecule has 0 aliphatic rings. The molecule has 0 aromatic carbocycles. The smallest absolute Gasteiger partial charge is 0.477 e. The normalized spacial score (nSPS) is 11.3. The van der Waals surface area contributed by atoms with Crippen molar-refractivity contribution in [3.63, 3.8) is 0 Å². The van der Waals surface area contributed by atoms with Crippen LogP contribution in [0, 0.1) is 0 Å². The molecule has 9 heteroatoms. The van der Waals surface area contributed by atoms with Crippen LogP contribution in [0.3, 0.4) is 0 Å². The lowest BCUT2D eigenvalue weighted by molar-refractivity contribution is -0.274. The molecular formula is C8H8F3N3O3. The molecule has 0 spiro atoms. The number of ether oxygens (including phenoxy) is 1. The van der Waals surface area contributed by atoms with Gasteiger partial charge >= 0.3 is 12.3 Å². The zero-order chi connectivity index (χ0) is 13.2. The van der Waals surface area contributed by atoms with Crippen LogP contribution in [0.2, 0.25) is 0 Å². The zero-order valence-corrected chi connectivity index (χ0v) is 8.28. The minimum atomic E-state index is -5.02. The van der Waals surface area contributed by atoms with Gasteiger partial charge in [-0.15, -0.1) is 13.2 Å². The summed E-state index contributed by atoms with van der Waals surface area (Å²) in [5.41, 5.74) is 9.36. The van der Waals surface area contributed by atoms with Crippen LogP contribution in [-0.4, -0.2) is 22.4 Å². The number of anilines is 1. The zero-order valence-electron chi connectivity index (χ0n) is 8.28. The van der Waals surface area contributed by atoms with E-state index in [0.717, 1.165) is 0 Å². The van der Waals surface area contributed by atoms with Crippen molar-refractivity contribution in [3.05, 3.63) is 17.3 Å². The lowest BCUT2D eigenvalue weighted by Gasteiger charge is -2.13. The second-order valence-corrected chi connectivity index (χ2v) is 2.92. The molecule has 1 heterocycles. The summed E-state index contributed by atoms with van der Waals surface area (Å²) in [4.78, 5) is 14.3. The standard InChI is InChI=1S/C8H8F3N3O3/c9-8(10,11)17-4-1-5(13)14-3(2-12)6(4)7(15)16/h1H,2,12H2,(H2,13,14)(H,15,16). The van der Waals surface area contributed by atoms with E-state index in [2.05, 4.69) is 9.72 Å². The number of aromatic nitrogens is 1. The van der Waals surface area contributed by atoms with Gasteiger partial charge < -0.3 is 21.3 Å². The number of hydrogen-bond donors (Lipinski definition) is 3. The molecule has 0 aliphatic carbocycles. The average molecular weight is 251 g/mol. The summed E-state index contributed by atoms with van der Waals surface area (Å²) in [5, 5.41) is 8.78. The number of nitrogens with two attached hydrogens (primary N) is 2. The highest BCUT2D eigenvalue weighted by molar-refractivity contribution is 5.92. The number of pyridine rings is 1. The van der Waals surface area contributed by atoms with E-state index >= 15 is 0 Å². The van der Waals surface area contributed by atoms with Gasteiger partial charge in [-0.1, -0.05) is 0 Å². The lowest BCUT2D eigenvalue weighted by atomic mass is 10.1. The van der Waals surface area contributed by atoms with Gasteiger partial charge in [-0.25, -0.2) is 9.78 Å². The predicted octanol–water partition coefficient (Wildman–Crippen LogP) is 0.719. The Bertz CT molecular complexity index is 448. The Morgan fingerprint density at radius 2 is 2.12 bits per heavy atom. The third-order valence-corrected chi connectivity index (χ3v) is 1.71. The SMILES string of the molecule is NCc1nc(N)cc(OC(F)(F)F)c1C(=O)O. The summed E-state index contributed by atoms with van der Waals surface area (Å²) in [5.74, 6) is -2.87. The molecule has 0 radical (unpaired) electrons. The quantitative estimate of drug-likeness (QED) is 0.729. The van der Waals surface area contributed by atoms with E-state index in [0.29, 0.717) is 6.07 Å². The molecule has 0 fully saturated rings. The fourth-order valence-electron chi connectivity index (χ4n) is 1.17. The Morgan fingerprint density at radius 3 is 2.53 bits per heavy atom. The minimum absolute atomic E-state index is 0.281. The molecule has 0 unspecified atom stereocenters. The molecule has 0 saturated heterocycles. The third-order valence-electron chi connectivity index (χ3n) is 1.71. The largest absolute Gasteiger partial charge is 0.573 e. The van der Waals surface area contributed by atoms with Gasteiger partial charge in [0.05, 0.1) is 5.69 Å². The highest BCUT2D eigenvalue weighted by Gasteiger charge is 2.34. The topological polar surface area (TPSA) is 111 Å². The highest BCUT2D eigenvalue weighted by atomic mass is 19.4. The number of carboxylic acids is 1. The maximum absolute atomic E-state index is 12.0. The maximum atomic E-state index is 12.0. The van der Waals surface area contributed by atoms with Gasteiger partial charge in [0.15, 0.2) is 0 Å². The van der Waals surface area contributed by atoms with E-state index in [9.17, 15) is 18.0 Å². The third kappa shape index (κ3) is 3.21. The number of carbonyl (C=O) groups is 1. The molecule has 0 aliphatic heterocycles. The molecule has 0 saturated carbocycles. The molecular weight excluding hydrogens is 243 g/mol. The van der Waals surface area contributed by atoms with Gasteiger partial charge in [-0.2, -0.15) is 0 Å². The van der Waals surface area contributed by atoms with Crippen LogP contribution in [0.15, 0.2) is 6.07 Å². The number of alkyl halides is 3. The monoisotopic (exact) mass is 251 g/mol. The van der Waals surface area contributed by atoms with Gasteiger partial charge in [0.2, 0.25) is 0 Å². The van der Waals surface area contributed by atoms with Crippen molar-refractivity contribution in [2.45, 2.75) is 12.9 Å². The summed E-state index contributed by atoms with van der Waals surface area (Å²) in [6, 6.07) is 0.677. The number of rotatable bonds is 3. The van der Waals surface area contributed by atoms with Crippen LogP contribution in [0.4, 0.5) is 19.0 Å². The molecule has 1 aromatic heterocycles. The Kier molecular flexibility index (Phi) is 3.42. The van der Waals surface area contributed by atoms with E-state index in [4.69, 9.17) is 16.6 Å². The highest BCUT2D eigenvalue weighted by Crippen LogP contribution is 2.29. The first-order valence-corrected chi connectivity index (χ1v) is 4.23. The fraction of sp³-hybridized carbons (Fsp3) is 0.250. The van der Waals surface area contributed by atoms with Crippen molar-refractivity contribution in [2.75, 3.05) is 5.73 Å². The maximum Gasteiger partial charge on any atom is 0.573 e. The van der Waals surface area contributed by atoms with E-state index in [1.807, 2.05) is 0 Å². The van der Waals surface area contributed by atoms with Gasteiger partial charge in [-0.05, 0) is 0 Å². The van der Waals surface area contributed by atoms with Gasteiger partial charge in [0.1, 0.15) is 17.1 Å². The summed E-state index contributed by atoms with van der Waals surface area (Å²) in [6.45, 7) is -0.374. The summed E-state index contributed by atoms with van der Waals surface area (Å²) < 4.78 is 39.7. The first-order valence-electron chi connectivity index (χ1n) is 4.23. The van der Waals surface area contributed by atoms with Gasteiger partial charge in [0.25, 0.3) is 0 Å². The van der Waals surface area contributed by atoms with Crippen LogP contribution >= 0.6 is 0 Å². The second kappa shape index (κ2) is 4.45. The van der Waals surface area contributed by atoms with Crippen LogP contribution in [-0.2, 0) is 6.54 Å². The first-order chi connectivity index (χ1) is 7.74. The van der Waals surface area contributed by atoms with Gasteiger partial charge in [0, 0.05) is 12.6 Å². The molecule has 1 rings (SSSR count). The second-order valence-electron chi connectivity index (χ2n) is 2.92. The molecule has 5 N–H and O–H groups in total. The Labute approximate surface area is 93.0 Å². The Balaban J connectivity index is 3.35. The molecule has 0 atom stereocenters. The van der Waals surface area contributed by atoms with Crippen molar-refractivity contribution < 1.29 is 27.8 Å². The molecule has 0 amide bonds. The Morgan fingerprint density at radius 1 is 1.53 bits per heavy atom. The number of hydrogen-bond acceptors (Lipinski definition) is 5. The average Bonchev–Trinajstić information content (AvgIpc) is 2.12. The Hall–Kier alpha value is -2.03. The van der Waals surface area contributed by atoms with Crippen LogP contribution < -0.4 is 16.2 Å². The van der Waals surface area contributed by atoms with Gasteiger partial charge in [-0.3, -0.25) is 0 Å². The number of nitrogens with zero attached hydrogens (tertiary/aromatic N) is 1. The predicted molar refractivity (Wildman–Crippen MR) is 50.2 cm³/mol. The van der Waals surface area contributed by atoms with Crippen molar-refractivity contribution in [3.8, 4) is 5.75 Å². The van der Waals surface area contributed by atoms with Crippen LogP contribution in [0.1, 0.15) is 16.1 Å². The molecule has 6 nitrogen and oxygen atoms in total. The summed E-state index contributed by atoms with van der Waals surface area (Å²) >= 11 is 0. The minimum Gasteiger partial charge on any atom is -0.477 e. The first kappa shape index (κ1) is 13.0. The van der Waals surface area contributed by atoms with Crippen molar-refractivity contribution in [2.24, 2.45) is 5.73 Å². The molecule has 0 bridgehead atoms. The summed E-state index contributed by atoms with van der Waals surface area (Å²) in [7, 11) is 0. The molecule has 94 valence electrons. The fourth-order valence-corrected chi connectivity index (χ4v) is 1.17. The van der Waals surface area contributed by atoms with E-state index in [1.54, 1.807) is 0 Å². The number of nitrogen functional groups attached to an aromatic ring is 1. The van der Waals surface area contributed by atoms with Crippen LogP contribution in [0.5, 0.6) is 5.75 Å². The molecule has 17 heavy (non-hydrogen) atoms.